The molecule has 1 saturated carbocycles. The SMILES string of the molecule is C[C@@H]1CCC[C@@H](C)C1N(C)C(=O)Nc1cccc(N2CCNC2=O)c1. The van der Waals surface area contributed by atoms with E-state index in [0.29, 0.717) is 30.6 Å². The number of carbonyl (C=O) groups is 2. The van der Waals surface area contributed by atoms with E-state index in [1.807, 2.05) is 36.2 Å². The van der Waals surface area contributed by atoms with Crippen LogP contribution in [0.2, 0.25) is 0 Å². The zero-order valence-corrected chi connectivity index (χ0v) is 15.3. The summed E-state index contributed by atoms with van der Waals surface area (Å²) in [5, 5.41) is 5.78. The van der Waals surface area contributed by atoms with Gasteiger partial charge in [-0.2, -0.15) is 0 Å². The molecule has 1 aromatic carbocycles. The van der Waals surface area contributed by atoms with Gasteiger partial charge in [-0.15, -0.1) is 0 Å². The third-order valence-corrected chi connectivity index (χ3v) is 5.52. The topological polar surface area (TPSA) is 64.7 Å². The normalized spacial score (nSPS) is 24.1. The number of nitrogens with one attached hydrogen (secondary N) is 2. The number of benzene rings is 1. The first-order valence-electron chi connectivity index (χ1n) is 9.16. The number of urea groups is 2. The van der Waals surface area contributed by atoms with E-state index in [2.05, 4.69) is 24.5 Å². The van der Waals surface area contributed by atoms with Crippen molar-refractivity contribution in [2.24, 2.45) is 11.8 Å². The van der Waals surface area contributed by atoms with Gasteiger partial charge >= 0.3 is 12.1 Å². The number of amides is 4. The molecule has 0 radical (unpaired) electrons. The van der Waals surface area contributed by atoms with Gasteiger partial charge in [-0.05, 0) is 42.9 Å². The standard InChI is InChI=1S/C19H28N4O2/c1-13-6-4-7-14(2)17(13)22(3)19(25)21-15-8-5-9-16(12-15)23-11-10-20-18(23)24/h5,8-9,12-14,17H,4,6-7,10-11H2,1-3H3,(H,20,24)(H,21,25)/t13-,14-/m1/s1. The van der Waals surface area contributed by atoms with Crippen LogP contribution in [0.25, 0.3) is 0 Å². The van der Waals surface area contributed by atoms with Crippen molar-refractivity contribution in [3.8, 4) is 0 Å². The van der Waals surface area contributed by atoms with Crippen molar-refractivity contribution in [3.63, 3.8) is 0 Å². The summed E-state index contributed by atoms with van der Waals surface area (Å²) in [5.41, 5.74) is 1.51. The summed E-state index contributed by atoms with van der Waals surface area (Å²) in [6.45, 7) is 5.76. The lowest BCUT2D eigenvalue weighted by molar-refractivity contribution is 0.115. The van der Waals surface area contributed by atoms with Crippen molar-refractivity contribution >= 4 is 23.4 Å². The fourth-order valence-corrected chi connectivity index (χ4v) is 4.24. The number of hydrogen-bond acceptors (Lipinski definition) is 2. The van der Waals surface area contributed by atoms with Crippen LogP contribution in [0.4, 0.5) is 21.0 Å². The van der Waals surface area contributed by atoms with Crippen LogP contribution in [-0.2, 0) is 0 Å². The number of carbonyl (C=O) groups excluding carboxylic acids is 2. The average molecular weight is 344 g/mol. The minimum atomic E-state index is -0.0922. The molecular formula is C19H28N4O2. The summed E-state index contributed by atoms with van der Waals surface area (Å²) in [6.07, 6.45) is 3.59. The summed E-state index contributed by atoms with van der Waals surface area (Å²) in [5.74, 6) is 1.03. The van der Waals surface area contributed by atoms with Gasteiger partial charge in [0.25, 0.3) is 0 Å². The molecule has 4 amide bonds. The van der Waals surface area contributed by atoms with Crippen LogP contribution in [0.3, 0.4) is 0 Å². The molecular weight excluding hydrogens is 316 g/mol. The fraction of sp³-hybridized carbons (Fsp3) is 0.579. The Morgan fingerprint density at radius 1 is 1.28 bits per heavy atom. The Morgan fingerprint density at radius 2 is 2.00 bits per heavy atom. The Bertz CT molecular complexity index is 638. The van der Waals surface area contributed by atoms with Crippen LogP contribution in [0.15, 0.2) is 24.3 Å². The highest BCUT2D eigenvalue weighted by atomic mass is 16.2. The molecule has 0 aromatic heterocycles. The molecule has 1 aliphatic heterocycles. The van der Waals surface area contributed by atoms with E-state index < -0.39 is 0 Å². The predicted octanol–water partition coefficient (Wildman–Crippen LogP) is 3.50. The van der Waals surface area contributed by atoms with E-state index in [-0.39, 0.29) is 18.1 Å². The molecule has 136 valence electrons. The lowest BCUT2D eigenvalue weighted by Gasteiger charge is -2.40. The number of rotatable bonds is 3. The van der Waals surface area contributed by atoms with Crippen molar-refractivity contribution < 1.29 is 9.59 Å². The second-order valence-electron chi connectivity index (χ2n) is 7.35. The van der Waals surface area contributed by atoms with Gasteiger partial charge in [0.15, 0.2) is 0 Å². The molecule has 1 saturated heterocycles. The van der Waals surface area contributed by atoms with Crippen LogP contribution >= 0.6 is 0 Å². The summed E-state index contributed by atoms with van der Waals surface area (Å²) >= 11 is 0. The van der Waals surface area contributed by atoms with Gasteiger partial charge in [0.05, 0.1) is 0 Å². The van der Waals surface area contributed by atoms with Gasteiger partial charge in [-0.1, -0.05) is 26.3 Å². The molecule has 1 aromatic rings. The van der Waals surface area contributed by atoms with Crippen LogP contribution in [0, 0.1) is 11.8 Å². The molecule has 6 heteroatoms. The Morgan fingerprint density at radius 3 is 2.64 bits per heavy atom. The summed E-state index contributed by atoms with van der Waals surface area (Å²) in [4.78, 5) is 28.1. The monoisotopic (exact) mass is 344 g/mol. The minimum absolute atomic E-state index is 0.0892. The highest BCUT2D eigenvalue weighted by molar-refractivity contribution is 5.95. The molecule has 2 aliphatic rings. The van der Waals surface area contributed by atoms with Gasteiger partial charge < -0.3 is 15.5 Å². The molecule has 1 aliphatic carbocycles. The van der Waals surface area contributed by atoms with Gasteiger partial charge in [0.1, 0.15) is 0 Å². The van der Waals surface area contributed by atoms with Crippen molar-refractivity contribution in [2.45, 2.75) is 39.2 Å². The molecule has 2 atom stereocenters. The Hall–Kier alpha value is -2.24. The fourth-order valence-electron chi connectivity index (χ4n) is 4.24. The van der Waals surface area contributed by atoms with Crippen LogP contribution in [0.5, 0.6) is 0 Å². The Labute approximate surface area is 149 Å². The van der Waals surface area contributed by atoms with E-state index in [9.17, 15) is 9.59 Å². The average Bonchev–Trinajstić information content (AvgIpc) is 3.01. The quantitative estimate of drug-likeness (QED) is 0.881. The lowest BCUT2D eigenvalue weighted by Crippen LogP contribution is -2.48. The van der Waals surface area contributed by atoms with E-state index in [1.54, 1.807) is 4.90 Å². The zero-order valence-electron chi connectivity index (χ0n) is 15.3. The molecule has 3 rings (SSSR count). The molecule has 6 nitrogen and oxygen atoms in total. The summed E-state index contributed by atoms with van der Waals surface area (Å²) in [6, 6.07) is 7.54. The maximum absolute atomic E-state index is 12.7. The molecule has 2 N–H and O–H groups in total. The van der Waals surface area contributed by atoms with Crippen molar-refractivity contribution in [2.75, 3.05) is 30.4 Å². The summed E-state index contributed by atoms with van der Waals surface area (Å²) in [7, 11) is 1.89. The Balaban J connectivity index is 1.69. The molecule has 2 fully saturated rings. The third kappa shape index (κ3) is 3.72. The predicted molar refractivity (Wildman–Crippen MR) is 99.9 cm³/mol. The molecule has 25 heavy (non-hydrogen) atoms. The highest BCUT2D eigenvalue weighted by Crippen LogP contribution is 2.32. The van der Waals surface area contributed by atoms with Crippen molar-refractivity contribution in [1.29, 1.82) is 0 Å². The molecule has 0 unspecified atom stereocenters. The van der Waals surface area contributed by atoms with Crippen LogP contribution in [0.1, 0.15) is 33.1 Å². The first kappa shape index (κ1) is 17.6. The van der Waals surface area contributed by atoms with Gasteiger partial charge in [0, 0.05) is 37.6 Å². The molecule has 0 spiro atoms. The molecule has 0 bridgehead atoms. The van der Waals surface area contributed by atoms with E-state index in [1.165, 1.54) is 19.3 Å². The number of hydrogen-bond donors (Lipinski definition) is 2. The third-order valence-electron chi connectivity index (χ3n) is 5.52. The van der Waals surface area contributed by atoms with Gasteiger partial charge in [-0.25, -0.2) is 9.59 Å². The minimum Gasteiger partial charge on any atom is -0.336 e. The summed E-state index contributed by atoms with van der Waals surface area (Å²) < 4.78 is 0. The lowest BCUT2D eigenvalue weighted by atomic mass is 9.78. The van der Waals surface area contributed by atoms with Crippen LogP contribution in [-0.4, -0.2) is 43.1 Å². The van der Waals surface area contributed by atoms with Crippen molar-refractivity contribution in [1.82, 2.24) is 10.2 Å². The van der Waals surface area contributed by atoms with Crippen LogP contribution < -0.4 is 15.5 Å². The maximum atomic E-state index is 12.7. The zero-order chi connectivity index (χ0) is 18.0. The van der Waals surface area contributed by atoms with Crippen molar-refractivity contribution in [3.05, 3.63) is 24.3 Å². The first-order chi connectivity index (χ1) is 12.0. The van der Waals surface area contributed by atoms with E-state index in [4.69, 9.17) is 0 Å². The number of nitrogens with zero attached hydrogens (tertiary/aromatic N) is 2. The smallest absolute Gasteiger partial charge is 0.321 e. The largest absolute Gasteiger partial charge is 0.336 e. The van der Waals surface area contributed by atoms with Gasteiger partial charge in [-0.3, -0.25) is 4.90 Å². The van der Waals surface area contributed by atoms with Gasteiger partial charge in [0.2, 0.25) is 0 Å². The highest BCUT2D eigenvalue weighted by Gasteiger charge is 2.33. The second-order valence-corrected chi connectivity index (χ2v) is 7.35. The second kappa shape index (κ2) is 7.33. The molecule has 1 heterocycles. The van der Waals surface area contributed by atoms with E-state index >= 15 is 0 Å². The maximum Gasteiger partial charge on any atom is 0.321 e. The number of anilines is 2. The van der Waals surface area contributed by atoms with E-state index in [0.717, 1.165) is 5.69 Å². The first-order valence-corrected chi connectivity index (χ1v) is 9.16. The Kier molecular flexibility index (Phi) is 5.16.